The third-order valence-corrected chi connectivity index (χ3v) is 15.3. The standard InChI is InChI=1S/C74H74N4O.Pt/c1-70(2,3)52-31-28-48(29-32-52)50-30-35-65-67(40-50)76(57-24-21-25-58(45-57)79-59-33-34-61-60-26-19-20-27-64(60)78(66(61)46-59)68-44-53(36-37-75-68)71(4,5)6)47-77(65)69-62(49-22-17-16-18-23-49)42-56(74(13,14)15)43-63(69)51-38-54(72(7,8)9)41-55(39-51)73(10,11)12;/h16-44H,1-15H3;/q-2;/i16D,17D,18D,22D,23D;. The first-order valence-electron chi connectivity index (χ1n) is 30.0. The van der Waals surface area contributed by atoms with Gasteiger partial charge in [0.1, 0.15) is 5.82 Å². The predicted molar refractivity (Wildman–Crippen MR) is 330 cm³/mol. The summed E-state index contributed by atoms with van der Waals surface area (Å²) in [6.07, 6.45) is 5.70. The Kier molecular flexibility index (Phi) is 12.8. The minimum atomic E-state index is -0.450. The summed E-state index contributed by atoms with van der Waals surface area (Å²) in [7, 11) is 0. The smallest absolute Gasteiger partial charge is 0.268 e. The molecule has 0 spiro atoms. The van der Waals surface area contributed by atoms with Crippen molar-refractivity contribution < 1.29 is 37.2 Å². The van der Waals surface area contributed by atoms with Crippen LogP contribution in [0.3, 0.4) is 0 Å². The summed E-state index contributed by atoms with van der Waals surface area (Å²) in [5.74, 6) is 1.76. The number of pyridine rings is 1. The van der Waals surface area contributed by atoms with Crippen molar-refractivity contribution in [3.05, 3.63) is 222 Å². The zero-order chi connectivity index (χ0) is 60.3. The summed E-state index contributed by atoms with van der Waals surface area (Å²) in [6, 6.07) is 54.1. The van der Waals surface area contributed by atoms with Crippen molar-refractivity contribution in [3.63, 3.8) is 0 Å². The molecule has 8 aromatic carbocycles. The van der Waals surface area contributed by atoms with Crippen molar-refractivity contribution in [1.29, 1.82) is 0 Å². The number of imidazole rings is 1. The number of hydrogen-bond donors (Lipinski definition) is 0. The van der Waals surface area contributed by atoms with Gasteiger partial charge in [-0.2, -0.15) is 18.2 Å². The van der Waals surface area contributed by atoms with Gasteiger partial charge in [0.15, 0.2) is 0 Å². The van der Waals surface area contributed by atoms with E-state index in [1.807, 2.05) is 51.7 Å². The fourth-order valence-corrected chi connectivity index (χ4v) is 10.5. The number of hydrogen-bond acceptors (Lipinski definition) is 2. The van der Waals surface area contributed by atoms with E-state index in [2.05, 4.69) is 230 Å². The first kappa shape index (κ1) is 49.7. The molecule has 6 heteroatoms. The van der Waals surface area contributed by atoms with Gasteiger partial charge < -0.3 is 13.9 Å². The maximum Gasteiger partial charge on any atom is 0.268 e. The topological polar surface area (TPSA) is 35.9 Å². The molecule has 3 aromatic heterocycles. The van der Waals surface area contributed by atoms with Gasteiger partial charge in [0.25, 0.3) is 6.33 Å². The number of ether oxygens (including phenoxy) is 1. The Morgan fingerprint density at radius 2 is 1.07 bits per heavy atom. The summed E-state index contributed by atoms with van der Waals surface area (Å²) in [5, 5.41) is 2.11. The van der Waals surface area contributed by atoms with Gasteiger partial charge in [-0.15, -0.1) is 29.7 Å². The molecule has 3 heterocycles. The second-order valence-electron chi connectivity index (χ2n) is 26.4. The van der Waals surface area contributed by atoms with E-state index < -0.39 is 23.5 Å². The van der Waals surface area contributed by atoms with Crippen LogP contribution in [0.25, 0.3) is 83.4 Å². The maximum absolute atomic E-state index is 9.60. The first-order chi connectivity index (χ1) is 39.4. The number of aromatic nitrogens is 4. The second kappa shape index (κ2) is 20.6. The normalized spacial score (nSPS) is 13.5. The van der Waals surface area contributed by atoms with Gasteiger partial charge in [0.05, 0.1) is 23.6 Å². The molecule has 0 bridgehead atoms. The van der Waals surface area contributed by atoms with E-state index in [1.54, 1.807) is 0 Å². The molecule has 0 N–H and O–H groups in total. The van der Waals surface area contributed by atoms with Crippen LogP contribution in [0.15, 0.2) is 176 Å². The molecule has 0 unspecified atom stereocenters. The van der Waals surface area contributed by atoms with Gasteiger partial charge in [-0.05, 0) is 124 Å². The summed E-state index contributed by atoms with van der Waals surface area (Å²) in [6.45, 7) is 33.1. The minimum Gasteiger partial charge on any atom is -0.510 e. The van der Waals surface area contributed by atoms with Crippen LogP contribution in [0.5, 0.6) is 11.5 Å². The van der Waals surface area contributed by atoms with E-state index in [0.717, 1.165) is 77.6 Å². The molecule has 0 fully saturated rings. The SMILES string of the molecule is [2H]c1c([2H])c([2H])c(-c2cc(C(C)(C)C)cc(-c3cc(C(C)(C)C)cc(C(C)(C)C)c3)c2-[n+]2[c-]n(-c3[c-]c(Oc4[c-]c5c(cc4)c4ccccc4n5-c4cc(C(C)(C)C)ccn4)ccc3)c3cc(-c4ccc(C(C)(C)C)cc4)ccc32)c([2H])c1[2H].[Pt]. The Hall–Kier alpha value is -7.33. The molecule has 11 rings (SSSR count). The fourth-order valence-electron chi connectivity index (χ4n) is 10.5. The number of nitrogens with zero attached hydrogens (tertiary/aromatic N) is 4. The number of rotatable bonds is 8. The molecule has 0 aliphatic carbocycles. The van der Waals surface area contributed by atoms with Crippen molar-refractivity contribution in [3.8, 4) is 62.1 Å². The quantitative estimate of drug-likeness (QED) is 0.112. The summed E-state index contributed by atoms with van der Waals surface area (Å²) in [4.78, 5) is 4.89. The third-order valence-electron chi connectivity index (χ3n) is 15.3. The minimum absolute atomic E-state index is 0. The Labute approximate surface area is 496 Å². The van der Waals surface area contributed by atoms with E-state index in [-0.39, 0.29) is 60.4 Å². The first-order valence-corrected chi connectivity index (χ1v) is 27.5. The summed E-state index contributed by atoms with van der Waals surface area (Å²) >= 11 is 0. The Morgan fingerprint density at radius 1 is 0.475 bits per heavy atom. The second-order valence-corrected chi connectivity index (χ2v) is 26.4. The fraction of sp³-hybridized carbons (Fsp3) is 0.270. The van der Waals surface area contributed by atoms with Crippen molar-refractivity contribution in [2.24, 2.45) is 0 Å². The molecule has 80 heavy (non-hydrogen) atoms. The molecule has 0 saturated carbocycles. The molecule has 0 saturated heterocycles. The van der Waals surface area contributed by atoms with E-state index in [4.69, 9.17) is 13.8 Å². The van der Waals surface area contributed by atoms with Crippen LogP contribution in [0.4, 0.5) is 0 Å². The van der Waals surface area contributed by atoms with Crippen LogP contribution in [-0.4, -0.2) is 14.1 Å². The van der Waals surface area contributed by atoms with Crippen molar-refractivity contribution in [2.75, 3.05) is 0 Å². The monoisotopic (exact) mass is 1230 g/mol. The summed E-state index contributed by atoms with van der Waals surface area (Å²) in [5.41, 5.74) is 13.7. The number of fused-ring (bicyclic) bond motifs is 4. The Morgan fingerprint density at radius 3 is 1.73 bits per heavy atom. The molecule has 0 aliphatic rings. The molecule has 0 aliphatic heterocycles. The zero-order valence-electron chi connectivity index (χ0n) is 53.9. The van der Waals surface area contributed by atoms with Crippen molar-refractivity contribution in [2.45, 2.75) is 131 Å². The van der Waals surface area contributed by atoms with E-state index in [0.29, 0.717) is 28.4 Å². The van der Waals surface area contributed by atoms with Crippen LogP contribution in [0, 0.1) is 18.5 Å². The van der Waals surface area contributed by atoms with Crippen LogP contribution < -0.4 is 9.30 Å². The van der Waals surface area contributed by atoms with Gasteiger partial charge >= 0.3 is 0 Å². The summed E-state index contributed by atoms with van der Waals surface area (Å²) < 4.78 is 59.0. The molecular formula is C74H74N4OPt-2. The Balaban J connectivity index is 0.00000803. The van der Waals surface area contributed by atoms with Gasteiger partial charge in [-0.3, -0.25) is 4.57 Å². The molecule has 0 radical (unpaired) electrons. The number of benzene rings is 8. The van der Waals surface area contributed by atoms with E-state index >= 15 is 0 Å². The van der Waals surface area contributed by atoms with Crippen LogP contribution in [0.2, 0.25) is 0 Å². The van der Waals surface area contributed by atoms with Crippen LogP contribution in [-0.2, 0) is 48.1 Å². The molecule has 0 amide bonds. The van der Waals surface area contributed by atoms with Crippen molar-refractivity contribution in [1.82, 2.24) is 14.1 Å². The molecule has 11 aromatic rings. The molecular weight excluding hydrogens is 1160 g/mol. The van der Waals surface area contributed by atoms with Gasteiger partial charge in [0.2, 0.25) is 0 Å². The molecule has 5 nitrogen and oxygen atoms in total. The Bertz CT molecular complexity index is 4360. The van der Waals surface area contributed by atoms with Crippen LogP contribution in [0.1, 0.15) is 139 Å². The molecule has 0 atom stereocenters. The van der Waals surface area contributed by atoms with Gasteiger partial charge in [0, 0.05) is 44.3 Å². The predicted octanol–water partition coefficient (Wildman–Crippen LogP) is 19.1. The van der Waals surface area contributed by atoms with E-state index in [9.17, 15) is 2.74 Å². The zero-order valence-corrected chi connectivity index (χ0v) is 51.1. The van der Waals surface area contributed by atoms with Crippen LogP contribution >= 0.6 is 0 Å². The maximum atomic E-state index is 9.60. The van der Waals surface area contributed by atoms with Crippen molar-refractivity contribution >= 4 is 32.8 Å². The average molecular weight is 1240 g/mol. The van der Waals surface area contributed by atoms with Gasteiger partial charge in [-0.1, -0.05) is 225 Å². The molecule has 408 valence electrons. The largest absolute Gasteiger partial charge is 0.510 e. The third kappa shape index (κ3) is 10.9. The van der Waals surface area contributed by atoms with E-state index in [1.165, 1.54) is 11.1 Å². The number of para-hydroxylation sites is 1. The van der Waals surface area contributed by atoms with Gasteiger partial charge in [-0.25, -0.2) is 4.98 Å². The average Bonchev–Trinajstić information content (AvgIpc) is 2.03.